The summed E-state index contributed by atoms with van der Waals surface area (Å²) in [5, 5.41) is 12.1. The molecule has 10 nitrogen and oxygen atoms in total. The molecule has 2 aromatic rings. The molecule has 0 spiro atoms. The molecule has 10 heteroatoms. The highest BCUT2D eigenvalue weighted by molar-refractivity contribution is 5.93. The summed E-state index contributed by atoms with van der Waals surface area (Å²) >= 11 is 0. The lowest BCUT2D eigenvalue weighted by Gasteiger charge is -2.26. The van der Waals surface area contributed by atoms with Gasteiger partial charge < -0.3 is 9.47 Å². The SMILES string of the molecule is COC(=O)ON(C(=O)OC)c1c(N(O)c2cccnc2C)ccnc1C. The quantitative estimate of drug-likeness (QED) is 0.650. The highest BCUT2D eigenvalue weighted by Gasteiger charge is 2.29. The molecule has 0 atom stereocenters. The largest absolute Gasteiger partial charge is 0.533 e. The van der Waals surface area contributed by atoms with Crippen LogP contribution in [-0.2, 0) is 14.3 Å². The number of aryl methyl sites for hydroxylation is 2. The van der Waals surface area contributed by atoms with E-state index in [4.69, 9.17) is 4.84 Å². The molecule has 0 aromatic carbocycles. The Morgan fingerprint density at radius 2 is 1.69 bits per heavy atom. The van der Waals surface area contributed by atoms with Gasteiger partial charge in [-0.05, 0) is 32.0 Å². The van der Waals surface area contributed by atoms with Crippen molar-refractivity contribution in [2.24, 2.45) is 0 Å². The van der Waals surface area contributed by atoms with Gasteiger partial charge in [0.1, 0.15) is 11.4 Å². The van der Waals surface area contributed by atoms with E-state index in [0.717, 1.165) is 19.3 Å². The Hall–Kier alpha value is -3.40. The fourth-order valence-electron chi connectivity index (χ4n) is 2.17. The van der Waals surface area contributed by atoms with Crippen LogP contribution in [0.25, 0.3) is 0 Å². The fraction of sp³-hybridized carbons (Fsp3) is 0.250. The summed E-state index contributed by atoms with van der Waals surface area (Å²) < 4.78 is 9.07. The number of methoxy groups -OCH3 is 2. The van der Waals surface area contributed by atoms with Gasteiger partial charge in [-0.15, -0.1) is 0 Å². The number of ether oxygens (including phenoxy) is 2. The molecule has 0 unspecified atom stereocenters. The Morgan fingerprint density at radius 3 is 2.31 bits per heavy atom. The minimum absolute atomic E-state index is 0.00416. The number of nitrogens with zero attached hydrogens (tertiary/aromatic N) is 4. The predicted molar refractivity (Wildman–Crippen MR) is 90.2 cm³/mol. The van der Waals surface area contributed by atoms with Crippen molar-refractivity contribution in [1.82, 2.24) is 9.97 Å². The number of carbonyl (C=O) groups is 2. The smallest absolute Gasteiger partial charge is 0.450 e. The first-order valence-electron chi connectivity index (χ1n) is 7.41. The van der Waals surface area contributed by atoms with Crippen LogP contribution in [0.15, 0.2) is 30.6 Å². The van der Waals surface area contributed by atoms with Crippen LogP contribution in [0.1, 0.15) is 11.4 Å². The number of amides is 1. The van der Waals surface area contributed by atoms with Crippen molar-refractivity contribution >= 4 is 29.3 Å². The van der Waals surface area contributed by atoms with Crippen molar-refractivity contribution in [2.75, 3.05) is 24.3 Å². The van der Waals surface area contributed by atoms with E-state index >= 15 is 0 Å². The molecule has 2 rings (SSSR count). The predicted octanol–water partition coefficient (Wildman–Crippen LogP) is 2.89. The van der Waals surface area contributed by atoms with E-state index in [9.17, 15) is 14.8 Å². The molecule has 26 heavy (non-hydrogen) atoms. The highest BCUT2D eigenvalue weighted by atomic mass is 16.8. The second-order valence-corrected chi connectivity index (χ2v) is 4.99. The van der Waals surface area contributed by atoms with E-state index in [1.165, 1.54) is 12.3 Å². The summed E-state index contributed by atoms with van der Waals surface area (Å²) in [4.78, 5) is 36.7. The topological polar surface area (TPSA) is 114 Å². The van der Waals surface area contributed by atoms with Crippen LogP contribution in [0.3, 0.4) is 0 Å². The van der Waals surface area contributed by atoms with Crippen LogP contribution >= 0.6 is 0 Å². The molecule has 2 aromatic heterocycles. The van der Waals surface area contributed by atoms with Crippen molar-refractivity contribution in [3.05, 3.63) is 42.0 Å². The minimum Gasteiger partial charge on any atom is -0.450 e. The third-order valence-electron chi connectivity index (χ3n) is 3.40. The lowest BCUT2D eigenvalue weighted by molar-refractivity contribution is 0.0570. The van der Waals surface area contributed by atoms with Gasteiger partial charge in [-0.25, -0.2) is 14.7 Å². The number of rotatable bonds is 3. The van der Waals surface area contributed by atoms with Gasteiger partial charge in [-0.3, -0.25) is 20.0 Å². The lowest BCUT2D eigenvalue weighted by atomic mass is 10.2. The molecular formula is C16H18N4O6. The Morgan fingerprint density at radius 1 is 1.00 bits per heavy atom. The monoisotopic (exact) mass is 362 g/mol. The van der Waals surface area contributed by atoms with Crippen LogP contribution in [0.5, 0.6) is 0 Å². The molecule has 0 aliphatic rings. The molecular weight excluding hydrogens is 344 g/mol. The van der Waals surface area contributed by atoms with Crippen molar-refractivity contribution in [2.45, 2.75) is 13.8 Å². The van der Waals surface area contributed by atoms with Gasteiger partial charge in [-0.1, -0.05) is 5.06 Å². The van der Waals surface area contributed by atoms with Gasteiger partial charge in [0.15, 0.2) is 0 Å². The summed E-state index contributed by atoms with van der Waals surface area (Å²) in [7, 11) is 2.20. The summed E-state index contributed by atoms with van der Waals surface area (Å²) in [5.74, 6) is 0. The molecule has 0 aliphatic heterocycles. The fourth-order valence-corrected chi connectivity index (χ4v) is 2.17. The molecule has 0 bridgehead atoms. The first kappa shape index (κ1) is 18.9. The van der Waals surface area contributed by atoms with Crippen molar-refractivity contribution in [1.29, 1.82) is 0 Å². The third-order valence-corrected chi connectivity index (χ3v) is 3.40. The number of anilines is 3. The van der Waals surface area contributed by atoms with Crippen molar-refractivity contribution in [3.63, 3.8) is 0 Å². The zero-order valence-corrected chi connectivity index (χ0v) is 14.7. The highest BCUT2D eigenvalue weighted by Crippen LogP contribution is 2.36. The van der Waals surface area contributed by atoms with Gasteiger partial charge in [0.05, 0.1) is 31.3 Å². The first-order chi connectivity index (χ1) is 12.4. The Kier molecular flexibility index (Phi) is 5.91. The van der Waals surface area contributed by atoms with E-state index < -0.39 is 12.2 Å². The Bertz CT molecular complexity index is 813. The van der Waals surface area contributed by atoms with Crippen LogP contribution < -0.4 is 10.1 Å². The number of hydroxylamine groups is 1. The molecule has 0 radical (unpaired) electrons. The van der Waals surface area contributed by atoms with Gasteiger partial charge >= 0.3 is 12.2 Å². The van der Waals surface area contributed by atoms with E-state index in [-0.39, 0.29) is 17.1 Å². The maximum atomic E-state index is 12.1. The van der Waals surface area contributed by atoms with Gasteiger partial charge in [0.2, 0.25) is 0 Å². The van der Waals surface area contributed by atoms with E-state index in [1.54, 1.807) is 32.2 Å². The zero-order chi connectivity index (χ0) is 19.3. The normalized spacial score (nSPS) is 10.0. The summed E-state index contributed by atoms with van der Waals surface area (Å²) in [6.45, 7) is 3.27. The molecule has 138 valence electrons. The van der Waals surface area contributed by atoms with Crippen LogP contribution in [-0.4, -0.2) is 41.6 Å². The average molecular weight is 362 g/mol. The number of carbonyl (C=O) groups excluding carboxylic acids is 2. The number of hydrogen-bond acceptors (Lipinski definition) is 9. The lowest BCUT2D eigenvalue weighted by Crippen LogP contribution is -2.35. The van der Waals surface area contributed by atoms with Gasteiger partial charge in [0, 0.05) is 12.4 Å². The number of aromatic nitrogens is 2. The van der Waals surface area contributed by atoms with Crippen LogP contribution in [0.2, 0.25) is 0 Å². The first-order valence-corrected chi connectivity index (χ1v) is 7.41. The number of pyridine rings is 2. The summed E-state index contributed by atoms with van der Waals surface area (Å²) in [5.41, 5.74) is 1.30. The maximum absolute atomic E-state index is 12.1. The maximum Gasteiger partial charge on any atom is 0.533 e. The zero-order valence-electron chi connectivity index (χ0n) is 14.7. The van der Waals surface area contributed by atoms with Gasteiger partial charge in [0.25, 0.3) is 0 Å². The third kappa shape index (κ3) is 3.81. The minimum atomic E-state index is -1.15. The standard InChI is InChI=1S/C16H18N4O6/c1-10-12(6-5-8-17-10)19(23)13-7-9-18-11(2)14(13)20(15(21)24-3)26-16(22)25-4/h5-9,23H,1-4H3. The molecule has 1 N–H and O–H groups in total. The number of hydrogen-bond donors (Lipinski definition) is 1. The second-order valence-electron chi connectivity index (χ2n) is 4.99. The molecule has 1 amide bonds. The molecule has 2 heterocycles. The van der Waals surface area contributed by atoms with Crippen LogP contribution in [0.4, 0.5) is 26.7 Å². The average Bonchev–Trinajstić information content (AvgIpc) is 2.65. The summed E-state index contributed by atoms with van der Waals surface area (Å²) in [6, 6.07) is 4.71. The molecule has 0 fully saturated rings. The van der Waals surface area contributed by atoms with Gasteiger partial charge in [-0.2, -0.15) is 0 Å². The molecule has 0 saturated heterocycles. The van der Waals surface area contributed by atoms with Crippen molar-refractivity contribution < 1.29 is 29.1 Å². The Labute approximate surface area is 149 Å². The molecule has 0 aliphatic carbocycles. The van der Waals surface area contributed by atoms with Crippen LogP contribution in [0, 0.1) is 13.8 Å². The van der Waals surface area contributed by atoms with Crippen molar-refractivity contribution in [3.8, 4) is 0 Å². The second kappa shape index (κ2) is 8.12. The van der Waals surface area contributed by atoms with E-state index in [0.29, 0.717) is 16.4 Å². The van der Waals surface area contributed by atoms with E-state index in [1.807, 2.05) is 0 Å². The Balaban J connectivity index is 2.59. The van der Waals surface area contributed by atoms with E-state index in [2.05, 4.69) is 19.4 Å². The molecule has 0 saturated carbocycles. The summed E-state index contributed by atoms with van der Waals surface area (Å²) in [6.07, 6.45) is 0.846.